The van der Waals surface area contributed by atoms with Crippen molar-refractivity contribution in [3.8, 4) is 5.75 Å². The van der Waals surface area contributed by atoms with Gasteiger partial charge in [-0.1, -0.05) is 6.92 Å². The van der Waals surface area contributed by atoms with E-state index >= 15 is 0 Å². The van der Waals surface area contributed by atoms with Crippen molar-refractivity contribution in [1.82, 2.24) is 9.97 Å². The smallest absolute Gasteiger partial charge is 0.258 e. The molecule has 5 nitrogen and oxygen atoms in total. The van der Waals surface area contributed by atoms with E-state index in [9.17, 15) is 4.79 Å². The number of aromatic amines is 1. The number of nitrogens with zero attached hydrogens (tertiary/aromatic N) is 1. The molecule has 0 spiro atoms. The Hall–Kier alpha value is -2.04. The fraction of sp³-hybridized carbons (Fsp3) is 0.385. The van der Waals surface area contributed by atoms with Crippen LogP contribution in [-0.2, 0) is 0 Å². The molecule has 1 aromatic heterocycles. The number of aromatic nitrogens is 2. The van der Waals surface area contributed by atoms with Crippen LogP contribution in [0, 0.1) is 0 Å². The van der Waals surface area contributed by atoms with Crippen LogP contribution in [0.1, 0.15) is 27.2 Å². The zero-order valence-electron chi connectivity index (χ0n) is 10.8. The maximum atomic E-state index is 11.6. The third-order valence-corrected chi connectivity index (χ3v) is 3.01. The van der Waals surface area contributed by atoms with Crippen LogP contribution in [-0.4, -0.2) is 15.6 Å². The molecule has 2 rings (SSSR count). The number of benzene rings is 1. The van der Waals surface area contributed by atoms with E-state index in [0.29, 0.717) is 22.3 Å². The molecule has 0 aliphatic rings. The summed E-state index contributed by atoms with van der Waals surface area (Å²) < 4.78 is 5.85. The first kappa shape index (κ1) is 12.4. The number of ether oxygens (including phenoxy) is 1. The second kappa shape index (κ2) is 4.33. The Kier molecular flexibility index (Phi) is 2.98. The van der Waals surface area contributed by atoms with E-state index in [1.165, 1.54) is 6.33 Å². The lowest BCUT2D eigenvalue weighted by atomic mass is 10.1. The molecular weight excluding hydrogens is 230 g/mol. The molecule has 3 N–H and O–H groups in total. The molecule has 0 bridgehead atoms. The summed E-state index contributed by atoms with van der Waals surface area (Å²) in [5, 5.41) is 0.469. The molecule has 0 saturated carbocycles. The first-order valence-corrected chi connectivity index (χ1v) is 5.89. The highest BCUT2D eigenvalue weighted by atomic mass is 16.5. The Morgan fingerprint density at radius 3 is 2.83 bits per heavy atom. The van der Waals surface area contributed by atoms with E-state index in [0.717, 1.165) is 6.42 Å². The van der Waals surface area contributed by atoms with Gasteiger partial charge >= 0.3 is 0 Å². The molecule has 0 aliphatic heterocycles. The number of hydrogen-bond acceptors (Lipinski definition) is 4. The van der Waals surface area contributed by atoms with E-state index in [-0.39, 0.29) is 11.2 Å². The van der Waals surface area contributed by atoms with Gasteiger partial charge in [-0.25, -0.2) is 4.98 Å². The number of anilines is 1. The van der Waals surface area contributed by atoms with Gasteiger partial charge in [0, 0.05) is 6.07 Å². The largest absolute Gasteiger partial charge is 0.486 e. The normalized spacial score (nSPS) is 11.7. The van der Waals surface area contributed by atoms with E-state index in [2.05, 4.69) is 9.97 Å². The minimum Gasteiger partial charge on any atom is -0.486 e. The molecule has 0 fully saturated rings. The summed E-state index contributed by atoms with van der Waals surface area (Å²) in [6.45, 7) is 6.02. The fourth-order valence-corrected chi connectivity index (χ4v) is 1.57. The van der Waals surface area contributed by atoms with Crippen LogP contribution in [0.5, 0.6) is 5.75 Å². The molecule has 0 radical (unpaired) electrons. The standard InChI is InChI=1S/C13H17N3O2/c1-4-13(2,3)18-11-6-10-8(5-9(11)14)12(17)16-7-15-10/h5-7H,4,14H2,1-3H3,(H,15,16,17). The third-order valence-electron chi connectivity index (χ3n) is 3.01. The Balaban J connectivity index is 2.54. The lowest BCUT2D eigenvalue weighted by Gasteiger charge is -2.25. The summed E-state index contributed by atoms with van der Waals surface area (Å²) >= 11 is 0. The van der Waals surface area contributed by atoms with Crippen molar-refractivity contribution in [2.75, 3.05) is 5.73 Å². The van der Waals surface area contributed by atoms with Gasteiger partial charge in [0.1, 0.15) is 11.4 Å². The number of hydrogen-bond donors (Lipinski definition) is 2. The van der Waals surface area contributed by atoms with Crippen molar-refractivity contribution in [1.29, 1.82) is 0 Å². The van der Waals surface area contributed by atoms with Gasteiger partial charge in [-0.2, -0.15) is 0 Å². The Morgan fingerprint density at radius 1 is 1.44 bits per heavy atom. The SMILES string of the molecule is CCC(C)(C)Oc1cc2nc[nH]c(=O)c2cc1N. The summed E-state index contributed by atoms with van der Waals surface area (Å²) in [4.78, 5) is 18.2. The van der Waals surface area contributed by atoms with E-state index in [1.807, 2.05) is 20.8 Å². The third kappa shape index (κ3) is 2.30. The average molecular weight is 247 g/mol. The molecule has 0 unspecified atom stereocenters. The number of rotatable bonds is 3. The lowest BCUT2D eigenvalue weighted by Crippen LogP contribution is -2.27. The quantitative estimate of drug-likeness (QED) is 0.813. The summed E-state index contributed by atoms with van der Waals surface area (Å²) in [6, 6.07) is 3.31. The van der Waals surface area contributed by atoms with Gasteiger partial charge in [0.2, 0.25) is 0 Å². The van der Waals surface area contributed by atoms with E-state index < -0.39 is 0 Å². The van der Waals surface area contributed by atoms with Crippen LogP contribution in [0.4, 0.5) is 5.69 Å². The van der Waals surface area contributed by atoms with Gasteiger partial charge in [0.15, 0.2) is 0 Å². The molecule has 0 amide bonds. The predicted molar refractivity (Wildman–Crippen MR) is 71.8 cm³/mol. The molecule has 2 aromatic rings. The first-order chi connectivity index (χ1) is 8.43. The first-order valence-electron chi connectivity index (χ1n) is 5.89. The monoisotopic (exact) mass is 247 g/mol. The maximum Gasteiger partial charge on any atom is 0.258 e. The second-order valence-corrected chi connectivity index (χ2v) is 4.85. The van der Waals surface area contributed by atoms with Crippen molar-refractivity contribution in [2.24, 2.45) is 0 Å². The van der Waals surface area contributed by atoms with Crippen molar-refractivity contribution < 1.29 is 4.74 Å². The minimum absolute atomic E-state index is 0.201. The van der Waals surface area contributed by atoms with Crippen LogP contribution in [0.3, 0.4) is 0 Å². The van der Waals surface area contributed by atoms with Crippen LogP contribution < -0.4 is 16.0 Å². The van der Waals surface area contributed by atoms with Crippen LogP contribution >= 0.6 is 0 Å². The summed E-state index contributed by atoms with van der Waals surface area (Å²) in [7, 11) is 0. The zero-order chi connectivity index (χ0) is 13.3. The molecule has 1 heterocycles. The molecule has 0 atom stereocenters. The number of fused-ring (bicyclic) bond motifs is 1. The maximum absolute atomic E-state index is 11.6. The molecule has 0 saturated heterocycles. The molecule has 0 aliphatic carbocycles. The molecule has 5 heteroatoms. The van der Waals surface area contributed by atoms with E-state index in [4.69, 9.17) is 10.5 Å². The van der Waals surface area contributed by atoms with Gasteiger partial charge in [-0.3, -0.25) is 4.79 Å². The van der Waals surface area contributed by atoms with E-state index in [1.54, 1.807) is 12.1 Å². The molecule has 18 heavy (non-hydrogen) atoms. The predicted octanol–water partition coefficient (Wildman–Crippen LogP) is 2.07. The molecule has 96 valence electrons. The minimum atomic E-state index is -0.303. The highest BCUT2D eigenvalue weighted by Crippen LogP contribution is 2.29. The van der Waals surface area contributed by atoms with Gasteiger partial charge in [-0.15, -0.1) is 0 Å². The van der Waals surface area contributed by atoms with Crippen molar-refractivity contribution in [3.63, 3.8) is 0 Å². The van der Waals surface area contributed by atoms with Crippen LogP contribution in [0.15, 0.2) is 23.3 Å². The van der Waals surface area contributed by atoms with Gasteiger partial charge in [0.05, 0.1) is 22.9 Å². The molecule has 1 aromatic carbocycles. The highest BCUT2D eigenvalue weighted by molar-refractivity contribution is 5.84. The van der Waals surface area contributed by atoms with Gasteiger partial charge in [-0.05, 0) is 26.3 Å². The Labute approximate surface area is 105 Å². The lowest BCUT2D eigenvalue weighted by molar-refractivity contribution is 0.106. The van der Waals surface area contributed by atoms with Crippen molar-refractivity contribution >= 4 is 16.6 Å². The van der Waals surface area contributed by atoms with Crippen LogP contribution in [0.25, 0.3) is 10.9 Å². The molecular formula is C13H17N3O2. The Bertz CT molecular complexity index is 632. The average Bonchev–Trinajstić information content (AvgIpc) is 2.31. The number of nitrogens with two attached hydrogens (primary N) is 1. The zero-order valence-corrected chi connectivity index (χ0v) is 10.8. The number of nitrogens with one attached hydrogen (secondary N) is 1. The fourth-order valence-electron chi connectivity index (χ4n) is 1.57. The summed E-state index contributed by atoms with van der Waals surface area (Å²) in [6.07, 6.45) is 2.23. The van der Waals surface area contributed by atoms with Crippen molar-refractivity contribution in [3.05, 3.63) is 28.8 Å². The van der Waals surface area contributed by atoms with Gasteiger partial charge in [0.25, 0.3) is 5.56 Å². The number of nitrogen functional groups attached to an aromatic ring is 1. The van der Waals surface area contributed by atoms with Crippen molar-refractivity contribution in [2.45, 2.75) is 32.8 Å². The van der Waals surface area contributed by atoms with Gasteiger partial charge < -0.3 is 15.5 Å². The summed E-state index contributed by atoms with van der Waals surface area (Å²) in [5.41, 5.74) is 6.43. The Morgan fingerprint density at radius 2 is 2.17 bits per heavy atom. The topological polar surface area (TPSA) is 81.0 Å². The van der Waals surface area contributed by atoms with Crippen LogP contribution in [0.2, 0.25) is 0 Å². The highest BCUT2D eigenvalue weighted by Gasteiger charge is 2.19. The second-order valence-electron chi connectivity index (χ2n) is 4.85. The number of H-pyrrole nitrogens is 1. The summed E-state index contributed by atoms with van der Waals surface area (Å²) in [5.74, 6) is 0.562.